The maximum Gasteiger partial charge on any atom is 0.339 e. The molecule has 0 heterocycles. The maximum absolute atomic E-state index is 12.2. The second-order valence-corrected chi connectivity index (χ2v) is 5.55. The third-order valence-electron chi connectivity index (χ3n) is 3.58. The molecule has 1 atom stereocenters. The third kappa shape index (κ3) is 4.56. The zero-order valence-electron chi connectivity index (χ0n) is 14.5. The summed E-state index contributed by atoms with van der Waals surface area (Å²) in [6.07, 6.45) is -1.08. The van der Waals surface area contributed by atoms with Gasteiger partial charge in [-0.1, -0.05) is 17.7 Å². The number of nitrogens with zero attached hydrogens (tertiary/aromatic N) is 1. The van der Waals surface area contributed by atoms with Crippen LogP contribution in [0.2, 0.25) is 0 Å². The van der Waals surface area contributed by atoms with Crippen molar-refractivity contribution in [2.24, 2.45) is 0 Å². The van der Waals surface area contributed by atoms with Crippen molar-refractivity contribution in [3.63, 3.8) is 0 Å². The lowest BCUT2D eigenvalue weighted by atomic mass is 10.2. The van der Waals surface area contributed by atoms with Crippen molar-refractivity contribution in [2.45, 2.75) is 20.0 Å². The molecule has 0 saturated carbocycles. The summed E-state index contributed by atoms with van der Waals surface area (Å²) in [4.78, 5) is 34.6. The summed E-state index contributed by atoms with van der Waals surface area (Å²) in [7, 11) is 1.29. The molecule has 0 bridgehead atoms. The Balaban J connectivity index is 2.06. The fourth-order valence-electron chi connectivity index (χ4n) is 2.12. The molecule has 8 nitrogen and oxygen atoms in total. The first-order valence-corrected chi connectivity index (χ1v) is 7.72. The second kappa shape index (κ2) is 8.11. The minimum absolute atomic E-state index is 0.0247. The van der Waals surface area contributed by atoms with Crippen molar-refractivity contribution in [3.05, 3.63) is 63.7 Å². The molecule has 0 saturated heterocycles. The molecule has 26 heavy (non-hydrogen) atoms. The van der Waals surface area contributed by atoms with Gasteiger partial charge in [0.2, 0.25) is 0 Å². The molecule has 0 aromatic heterocycles. The molecule has 2 aromatic rings. The van der Waals surface area contributed by atoms with E-state index in [4.69, 9.17) is 9.47 Å². The number of ether oxygens (including phenoxy) is 2. The highest BCUT2D eigenvalue weighted by molar-refractivity contribution is 5.97. The van der Waals surface area contributed by atoms with Crippen LogP contribution < -0.4 is 10.1 Å². The number of methoxy groups -OCH3 is 1. The van der Waals surface area contributed by atoms with Crippen LogP contribution in [0.15, 0.2) is 42.5 Å². The maximum atomic E-state index is 12.2. The van der Waals surface area contributed by atoms with Crippen molar-refractivity contribution < 1.29 is 24.0 Å². The van der Waals surface area contributed by atoms with Gasteiger partial charge in [0.1, 0.15) is 0 Å². The molecule has 0 aliphatic heterocycles. The number of nitrogens with one attached hydrogen (secondary N) is 1. The largest absolute Gasteiger partial charge is 0.490 e. The SMILES string of the molecule is COc1ccc(C(=O)O[C@@H](C)C(=O)Nc2ccc(C)cc2)cc1[N+](=O)[O-]. The van der Waals surface area contributed by atoms with Gasteiger partial charge in [-0.15, -0.1) is 0 Å². The van der Waals surface area contributed by atoms with Crippen LogP contribution in [0.1, 0.15) is 22.8 Å². The number of carbonyl (C=O) groups excluding carboxylic acids is 2. The minimum atomic E-state index is -1.08. The lowest BCUT2D eigenvalue weighted by molar-refractivity contribution is -0.385. The van der Waals surface area contributed by atoms with E-state index < -0.39 is 22.9 Å². The molecule has 0 fully saturated rings. The number of amides is 1. The molecule has 0 radical (unpaired) electrons. The Morgan fingerprint density at radius 1 is 1.15 bits per heavy atom. The molecule has 2 rings (SSSR count). The van der Waals surface area contributed by atoms with Crippen LogP contribution in [-0.2, 0) is 9.53 Å². The summed E-state index contributed by atoms with van der Waals surface area (Å²) in [6, 6.07) is 10.8. The zero-order valence-corrected chi connectivity index (χ0v) is 14.5. The summed E-state index contributed by atoms with van der Waals surface area (Å²) in [6.45, 7) is 3.34. The van der Waals surface area contributed by atoms with Crippen LogP contribution in [0.25, 0.3) is 0 Å². The van der Waals surface area contributed by atoms with Gasteiger partial charge in [0.25, 0.3) is 5.91 Å². The normalized spacial score (nSPS) is 11.3. The van der Waals surface area contributed by atoms with E-state index in [0.29, 0.717) is 5.69 Å². The number of nitro benzene ring substituents is 1. The Labute approximate surface area is 149 Å². The van der Waals surface area contributed by atoms with Gasteiger partial charge in [0.05, 0.1) is 17.6 Å². The van der Waals surface area contributed by atoms with E-state index in [-0.39, 0.29) is 17.0 Å². The number of aryl methyl sites for hydroxylation is 1. The number of esters is 1. The van der Waals surface area contributed by atoms with Crippen LogP contribution in [0.3, 0.4) is 0 Å². The molecule has 2 aromatic carbocycles. The van der Waals surface area contributed by atoms with E-state index in [1.54, 1.807) is 12.1 Å². The first kappa shape index (κ1) is 18.9. The van der Waals surface area contributed by atoms with E-state index in [1.165, 1.54) is 26.2 Å². The van der Waals surface area contributed by atoms with Gasteiger partial charge < -0.3 is 14.8 Å². The quantitative estimate of drug-likeness (QED) is 0.483. The minimum Gasteiger partial charge on any atom is -0.490 e. The molecular weight excluding hydrogens is 340 g/mol. The highest BCUT2D eigenvalue weighted by Crippen LogP contribution is 2.27. The number of anilines is 1. The van der Waals surface area contributed by atoms with Gasteiger partial charge in [0, 0.05) is 11.8 Å². The molecule has 0 spiro atoms. The Kier molecular flexibility index (Phi) is 5.90. The Morgan fingerprint density at radius 2 is 1.81 bits per heavy atom. The van der Waals surface area contributed by atoms with Gasteiger partial charge in [-0.05, 0) is 38.1 Å². The molecule has 0 aliphatic rings. The molecule has 1 N–H and O–H groups in total. The van der Waals surface area contributed by atoms with Gasteiger partial charge in [-0.2, -0.15) is 0 Å². The van der Waals surface area contributed by atoms with Crippen LogP contribution in [0, 0.1) is 17.0 Å². The van der Waals surface area contributed by atoms with Crippen molar-refractivity contribution >= 4 is 23.3 Å². The Morgan fingerprint density at radius 3 is 2.38 bits per heavy atom. The highest BCUT2D eigenvalue weighted by atomic mass is 16.6. The van der Waals surface area contributed by atoms with Gasteiger partial charge in [0.15, 0.2) is 11.9 Å². The number of carbonyl (C=O) groups is 2. The molecule has 0 aliphatic carbocycles. The first-order valence-electron chi connectivity index (χ1n) is 7.72. The molecular formula is C18H18N2O6. The summed E-state index contributed by atoms with van der Waals surface area (Å²) in [5.41, 5.74) is 1.21. The summed E-state index contributed by atoms with van der Waals surface area (Å²) < 4.78 is 9.97. The number of benzene rings is 2. The van der Waals surface area contributed by atoms with Crippen LogP contribution in [0.5, 0.6) is 5.75 Å². The van der Waals surface area contributed by atoms with Crippen molar-refractivity contribution in [3.8, 4) is 5.75 Å². The van der Waals surface area contributed by atoms with Crippen molar-refractivity contribution in [1.82, 2.24) is 0 Å². The van der Waals surface area contributed by atoms with Crippen molar-refractivity contribution in [2.75, 3.05) is 12.4 Å². The topological polar surface area (TPSA) is 108 Å². The van der Waals surface area contributed by atoms with E-state index in [1.807, 2.05) is 19.1 Å². The lowest BCUT2D eigenvalue weighted by Crippen LogP contribution is -2.30. The Bertz CT molecular complexity index is 832. The van der Waals surface area contributed by atoms with E-state index in [2.05, 4.69) is 5.32 Å². The van der Waals surface area contributed by atoms with Gasteiger partial charge in [-0.25, -0.2) is 4.79 Å². The van der Waals surface area contributed by atoms with Crippen LogP contribution >= 0.6 is 0 Å². The first-order chi connectivity index (χ1) is 12.3. The number of hydrogen-bond acceptors (Lipinski definition) is 6. The average Bonchev–Trinajstić information content (AvgIpc) is 2.62. The predicted molar refractivity (Wildman–Crippen MR) is 94.3 cm³/mol. The third-order valence-corrected chi connectivity index (χ3v) is 3.58. The number of hydrogen-bond donors (Lipinski definition) is 1. The molecule has 0 unspecified atom stereocenters. The summed E-state index contributed by atoms with van der Waals surface area (Å²) in [5.74, 6) is -1.33. The van der Waals surface area contributed by atoms with E-state index >= 15 is 0 Å². The van der Waals surface area contributed by atoms with Crippen LogP contribution in [0.4, 0.5) is 11.4 Å². The predicted octanol–water partition coefficient (Wildman–Crippen LogP) is 3.10. The monoisotopic (exact) mass is 358 g/mol. The van der Waals surface area contributed by atoms with Gasteiger partial charge >= 0.3 is 11.7 Å². The van der Waals surface area contributed by atoms with Crippen molar-refractivity contribution in [1.29, 1.82) is 0 Å². The van der Waals surface area contributed by atoms with Crippen LogP contribution in [-0.4, -0.2) is 30.0 Å². The lowest BCUT2D eigenvalue weighted by Gasteiger charge is -2.14. The van der Waals surface area contributed by atoms with E-state index in [0.717, 1.165) is 11.6 Å². The Hall–Kier alpha value is -3.42. The van der Waals surface area contributed by atoms with Gasteiger partial charge in [-0.3, -0.25) is 14.9 Å². The molecule has 8 heteroatoms. The fourth-order valence-corrected chi connectivity index (χ4v) is 2.12. The smallest absolute Gasteiger partial charge is 0.339 e. The standard InChI is InChI=1S/C18H18N2O6/c1-11-4-7-14(8-5-11)19-17(21)12(2)26-18(22)13-6-9-16(25-3)15(10-13)20(23)24/h4-10,12H,1-3H3,(H,19,21)/t12-/m0/s1. The molecule has 136 valence electrons. The fraction of sp³-hybridized carbons (Fsp3) is 0.222. The second-order valence-electron chi connectivity index (χ2n) is 5.55. The summed E-state index contributed by atoms with van der Waals surface area (Å²) >= 11 is 0. The highest BCUT2D eigenvalue weighted by Gasteiger charge is 2.22. The number of rotatable bonds is 6. The molecule has 1 amide bonds. The van der Waals surface area contributed by atoms with E-state index in [9.17, 15) is 19.7 Å². The zero-order chi connectivity index (χ0) is 19.3. The number of nitro groups is 1. The average molecular weight is 358 g/mol. The summed E-state index contributed by atoms with van der Waals surface area (Å²) in [5, 5.41) is 13.7.